The fourth-order valence-corrected chi connectivity index (χ4v) is 1.47. The number of benzene rings is 1. The second-order valence-corrected chi connectivity index (χ2v) is 4.44. The normalized spacial score (nSPS) is 10.2. The van der Waals surface area contributed by atoms with Crippen LogP contribution in [0, 0.1) is 0 Å². The zero-order valence-corrected chi connectivity index (χ0v) is 9.59. The van der Waals surface area contributed by atoms with Gasteiger partial charge >= 0.3 is 0 Å². The first-order chi connectivity index (χ1) is 8.00. The van der Waals surface area contributed by atoms with Crippen molar-refractivity contribution < 1.29 is 13.0 Å². The first-order valence-electron chi connectivity index (χ1n) is 4.66. The molecule has 1 aromatic heterocycles. The number of rotatable bonds is 1. The van der Waals surface area contributed by atoms with Crippen LogP contribution in [0.5, 0.6) is 0 Å². The molecule has 2 aromatic rings. The van der Waals surface area contributed by atoms with Gasteiger partial charge in [0.1, 0.15) is 0 Å². The molecule has 90 valence electrons. The summed E-state index contributed by atoms with van der Waals surface area (Å²) in [5.74, 6) is 0. The number of H-pyrrole nitrogens is 1. The predicted octanol–water partition coefficient (Wildman–Crippen LogP) is 1.31. The number of hydrogen-bond acceptors (Lipinski definition) is 3. The zero-order valence-electron chi connectivity index (χ0n) is 8.78. The van der Waals surface area contributed by atoms with E-state index < -0.39 is 10.1 Å². The highest BCUT2D eigenvalue weighted by Crippen LogP contribution is 2.05. The fourth-order valence-electron chi connectivity index (χ4n) is 0.969. The number of aromatic nitrogens is 1. The molecule has 0 saturated heterocycles. The first-order valence-corrected chi connectivity index (χ1v) is 6.10. The van der Waals surface area contributed by atoms with Gasteiger partial charge in [-0.2, -0.15) is 8.42 Å². The molecule has 0 unspecified atom stereocenters. The lowest BCUT2D eigenvalue weighted by Gasteiger charge is -1.92. The van der Waals surface area contributed by atoms with E-state index >= 15 is 0 Å². The highest BCUT2D eigenvalue weighted by atomic mass is 32.2. The molecule has 5 nitrogen and oxygen atoms in total. The Kier molecular flexibility index (Phi) is 4.62. The number of aromatic amines is 1. The Labute approximate surface area is 98.5 Å². The lowest BCUT2D eigenvalue weighted by Crippen LogP contribution is -1.98. The molecule has 1 aromatic carbocycles. The summed E-state index contributed by atoms with van der Waals surface area (Å²) in [5, 5.41) is 0. The van der Waals surface area contributed by atoms with Crippen LogP contribution in [0.3, 0.4) is 0 Å². The van der Waals surface area contributed by atoms with Gasteiger partial charge in [0.2, 0.25) is 5.56 Å². The lowest BCUT2D eigenvalue weighted by molar-refractivity contribution is 0.483. The summed E-state index contributed by atoms with van der Waals surface area (Å²) in [5.41, 5.74) is -0.0532. The molecule has 0 atom stereocenters. The summed E-state index contributed by atoms with van der Waals surface area (Å²) in [6.45, 7) is 0. The summed E-state index contributed by atoms with van der Waals surface area (Å²) in [6.07, 6.45) is 1.60. The van der Waals surface area contributed by atoms with Crippen molar-refractivity contribution in [2.45, 2.75) is 4.90 Å². The molecular formula is C11H11NO4S. The van der Waals surface area contributed by atoms with Crippen LogP contribution in [0.2, 0.25) is 0 Å². The molecule has 2 N–H and O–H groups in total. The minimum absolute atomic E-state index is 0.0532. The second-order valence-electron chi connectivity index (χ2n) is 3.01. The average Bonchev–Trinajstić information content (AvgIpc) is 2.31. The fraction of sp³-hybridized carbons (Fsp3) is 0. The minimum Gasteiger partial charge on any atom is -0.329 e. The van der Waals surface area contributed by atoms with Crippen molar-refractivity contribution >= 4 is 10.1 Å². The molecule has 0 amide bonds. The van der Waals surface area contributed by atoms with Crippen LogP contribution in [-0.2, 0) is 10.1 Å². The average molecular weight is 253 g/mol. The summed E-state index contributed by atoms with van der Waals surface area (Å²) in [4.78, 5) is 12.6. The maximum Gasteiger partial charge on any atom is 0.294 e. The SMILES string of the molecule is O=S(=O)(O)c1ccccc1.O=c1cccc[nH]1. The molecule has 0 spiro atoms. The Morgan fingerprint density at radius 3 is 1.82 bits per heavy atom. The quantitative estimate of drug-likeness (QED) is 0.750. The van der Waals surface area contributed by atoms with Gasteiger partial charge in [0.15, 0.2) is 0 Å². The third-order valence-electron chi connectivity index (χ3n) is 1.72. The highest BCUT2D eigenvalue weighted by Gasteiger charge is 2.05. The summed E-state index contributed by atoms with van der Waals surface area (Å²) < 4.78 is 29.2. The first kappa shape index (κ1) is 13.1. The topological polar surface area (TPSA) is 87.2 Å². The third-order valence-corrected chi connectivity index (χ3v) is 2.59. The Morgan fingerprint density at radius 2 is 1.53 bits per heavy atom. The molecule has 1 heterocycles. The van der Waals surface area contributed by atoms with Gasteiger partial charge in [0.05, 0.1) is 4.90 Å². The minimum atomic E-state index is -4.00. The van der Waals surface area contributed by atoms with Gasteiger partial charge < -0.3 is 4.98 Å². The Morgan fingerprint density at radius 1 is 0.941 bits per heavy atom. The maximum atomic E-state index is 10.4. The van der Waals surface area contributed by atoms with Gasteiger partial charge in [0.25, 0.3) is 10.1 Å². The van der Waals surface area contributed by atoms with Crippen molar-refractivity contribution in [3.63, 3.8) is 0 Å². The second kappa shape index (κ2) is 5.97. The molecular weight excluding hydrogens is 242 g/mol. The summed E-state index contributed by atoms with van der Waals surface area (Å²) in [6, 6.07) is 12.4. The van der Waals surface area contributed by atoms with E-state index in [2.05, 4.69) is 4.98 Å². The van der Waals surface area contributed by atoms with Crippen molar-refractivity contribution in [1.82, 2.24) is 4.98 Å². The van der Waals surface area contributed by atoms with Gasteiger partial charge in [-0.05, 0) is 18.2 Å². The van der Waals surface area contributed by atoms with Crippen molar-refractivity contribution in [3.8, 4) is 0 Å². The van der Waals surface area contributed by atoms with E-state index in [1.165, 1.54) is 18.2 Å². The molecule has 6 heteroatoms. The summed E-state index contributed by atoms with van der Waals surface area (Å²) >= 11 is 0. The number of pyridine rings is 1. The standard InChI is InChI=1S/C6H6O3S.C5H5NO/c7-10(8,9)6-4-2-1-3-5-6;7-5-3-1-2-4-6-5/h1-5H,(H,7,8,9);1-4H,(H,6,7). The molecule has 0 radical (unpaired) electrons. The van der Waals surface area contributed by atoms with Gasteiger partial charge in [-0.25, -0.2) is 0 Å². The lowest BCUT2D eigenvalue weighted by atomic mass is 10.4. The van der Waals surface area contributed by atoms with Gasteiger partial charge in [-0.1, -0.05) is 24.3 Å². The highest BCUT2D eigenvalue weighted by molar-refractivity contribution is 7.85. The predicted molar refractivity (Wildman–Crippen MR) is 63.3 cm³/mol. The van der Waals surface area contributed by atoms with E-state index in [1.54, 1.807) is 36.5 Å². The molecule has 0 saturated carbocycles. The van der Waals surface area contributed by atoms with E-state index in [0.29, 0.717) is 0 Å². The van der Waals surface area contributed by atoms with E-state index in [4.69, 9.17) is 4.55 Å². The van der Waals surface area contributed by atoms with Crippen molar-refractivity contribution in [1.29, 1.82) is 0 Å². The monoisotopic (exact) mass is 253 g/mol. The Bertz CT molecular complexity index is 587. The zero-order chi connectivity index (χ0) is 12.7. The Hall–Kier alpha value is -1.92. The van der Waals surface area contributed by atoms with E-state index in [0.717, 1.165) is 0 Å². The van der Waals surface area contributed by atoms with Crippen LogP contribution >= 0.6 is 0 Å². The van der Waals surface area contributed by atoms with E-state index in [-0.39, 0.29) is 10.5 Å². The Balaban J connectivity index is 0.000000181. The van der Waals surface area contributed by atoms with Gasteiger partial charge in [-0.15, -0.1) is 0 Å². The molecule has 0 aliphatic heterocycles. The maximum absolute atomic E-state index is 10.4. The molecule has 0 aliphatic carbocycles. The van der Waals surface area contributed by atoms with E-state index in [9.17, 15) is 13.2 Å². The number of nitrogens with one attached hydrogen (secondary N) is 1. The van der Waals surface area contributed by atoms with Crippen LogP contribution < -0.4 is 5.56 Å². The van der Waals surface area contributed by atoms with Crippen LogP contribution in [0.4, 0.5) is 0 Å². The van der Waals surface area contributed by atoms with Crippen molar-refractivity contribution in [2.75, 3.05) is 0 Å². The van der Waals surface area contributed by atoms with E-state index in [1.807, 2.05) is 0 Å². The van der Waals surface area contributed by atoms with Crippen LogP contribution in [0.1, 0.15) is 0 Å². The van der Waals surface area contributed by atoms with Crippen LogP contribution in [0.15, 0.2) is 64.4 Å². The molecule has 17 heavy (non-hydrogen) atoms. The van der Waals surface area contributed by atoms with Crippen LogP contribution in [-0.4, -0.2) is 18.0 Å². The van der Waals surface area contributed by atoms with Crippen LogP contribution in [0.25, 0.3) is 0 Å². The number of hydrogen-bond donors (Lipinski definition) is 2. The van der Waals surface area contributed by atoms with Gasteiger partial charge in [-0.3, -0.25) is 9.35 Å². The molecule has 2 rings (SSSR count). The van der Waals surface area contributed by atoms with Crippen molar-refractivity contribution in [2.24, 2.45) is 0 Å². The summed E-state index contributed by atoms with van der Waals surface area (Å²) in [7, 11) is -4.00. The molecule has 0 fully saturated rings. The largest absolute Gasteiger partial charge is 0.329 e. The molecule has 0 aliphatic rings. The van der Waals surface area contributed by atoms with Gasteiger partial charge in [0, 0.05) is 12.3 Å². The molecule has 0 bridgehead atoms. The van der Waals surface area contributed by atoms with Crippen molar-refractivity contribution in [3.05, 3.63) is 65.1 Å². The smallest absolute Gasteiger partial charge is 0.294 e. The third kappa shape index (κ3) is 5.10.